The predicted molar refractivity (Wildman–Crippen MR) is 96.7 cm³/mol. The molecule has 5 rings (SSSR count). The Labute approximate surface area is 151 Å². The zero-order valence-corrected chi connectivity index (χ0v) is 14.6. The summed E-state index contributed by atoms with van der Waals surface area (Å²) in [6.07, 6.45) is 9.50. The Bertz CT molecular complexity index is 947. The van der Waals surface area contributed by atoms with Gasteiger partial charge in [0.15, 0.2) is 5.65 Å². The normalized spacial score (nSPS) is 21.7. The van der Waals surface area contributed by atoms with Crippen LogP contribution in [0.15, 0.2) is 48.9 Å². The molecule has 1 atom stereocenters. The summed E-state index contributed by atoms with van der Waals surface area (Å²) in [5.74, 6) is 1.45. The molecule has 6 heteroatoms. The van der Waals surface area contributed by atoms with E-state index in [-0.39, 0.29) is 17.2 Å². The number of amides is 1. The van der Waals surface area contributed by atoms with Crippen LogP contribution in [0.1, 0.15) is 43.0 Å². The number of aromatic nitrogens is 4. The molecule has 26 heavy (non-hydrogen) atoms. The van der Waals surface area contributed by atoms with Crippen LogP contribution in [0.25, 0.3) is 5.65 Å². The van der Waals surface area contributed by atoms with Crippen molar-refractivity contribution in [2.75, 3.05) is 13.1 Å². The summed E-state index contributed by atoms with van der Waals surface area (Å²) in [4.78, 5) is 19.6. The van der Waals surface area contributed by atoms with Crippen LogP contribution in [-0.2, 0) is 10.2 Å². The van der Waals surface area contributed by atoms with Crippen LogP contribution in [0.2, 0.25) is 0 Å². The molecule has 132 valence electrons. The summed E-state index contributed by atoms with van der Waals surface area (Å²) in [5, 5.41) is 8.69. The Balaban J connectivity index is 1.40. The molecule has 0 aromatic carbocycles. The van der Waals surface area contributed by atoms with E-state index in [2.05, 4.69) is 15.2 Å². The fourth-order valence-corrected chi connectivity index (χ4v) is 4.21. The molecule has 6 nitrogen and oxygen atoms in total. The molecule has 1 unspecified atom stereocenters. The van der Waals surface area contributed by atoms with Crippen molar-refractivity contribution >= 4 is 11.6 Å². The number of rotatable bonds is 3. The third kappa shape index (κ3) is 2.40. The quantitative estimate of drug-likeness (QED) is 0.730. The molecule has 4 heterocycles. The van der Waals surface area contributed by atoms with Crippen LogP contribution in [0.3, 0.4) is 0 Å². The Kier molecular flexibility index (Phi) is 3.51. The molecule has 0 spiro atoms. The van der Waals surface area contributed by atoms with E-state index in [0.29, 0.717) is 0 Å². The molecular weight excluding hydrogens is 326 g/mol. The Morgan fingerprint density at radius 1 is 1.15 bits per heavy atom. The van der Waals surface area contributed by atoms with E-state index >= 15 is 0 Å². The van der Waals surface area contributed by atoms with E-state index in [1.165, 1.54) is 0 Å². The van der Waals surface area contributed by atoms with Gasteiger partial charge in [0.2, 0.25) is 5.91 Å². The summed E-state index contributed by atoms with van der Waals surface area (Å²) in [6, 6.07) is 9.88. The van der Waals surface area contributed by atoms with Crippen molar-refractivity contribution in [2.45, 2.75) is 37.0 Å². The summed E-state index contributed by atoms with van der Waals surface area (Å²) in [5.41, 5.74) is 1.57. The Morgan fingerprint density at radius 2 is 2.08 bits per heavy atom. The molecule has 3 aromatic rings. The molecule has 0 radical (unpaired) electrons. The number of carbonyl (C=O) groups is 1. The maximum atomic E-state index is 13.3. The van der Waals surface area contributed by atoms with Crippen LogP contribution < -0.4 is 0 Å². The van der Waals surface area contributed by atoms with Gasteiger partial charge < -0.3 is 4.90 Å². The predicted octanol–water partition coefficient (Wildman–Crippen LogP) is 2.56. The second-order valence-electron chi connectivity index (χ2n) is 7.40. The number of nitrogens with zero attached hydrogens (tertiary/aromatic N) is 5. The molecule has 3 aromatic heterocycles. The number of carbonyl (C=O) groups excluding carboxylic acids is 1. The number of piperidine rings is 1. The summed E-state index contributed by atoms with van der Waals surface area (Å²) >= 11 is 0. The largest absolute Gasteiger partial charge is 0.341 e. The second-order valence-corrected chi connectivity index (χ2v) is 7.40. The van der Waals surface area contributed by atoms with Gasteiger partial charge in [-0.3, -0.25) is 14.2 Å². The van der Waals surface area contributed by atoms with E-state index in [0.717, 1.165) is 55.8 Å². The second kappa shape index (κ2) is 5.90. The molecule has 0 bridgehead atoms. The highest BCUT2D eigenvalue weighted by Crippen LogP contribution is 2.50. The summed E-state index contributed by atoms with van der Waals surface area (Å²) < 4.78 is 2.05. The van der Waals surface area contributed by atoms with E-state index in [9.17, 15) is 4.79 Å². The highest BCUT2D eigenvalue weighted by atomic mass is 16.2. The number of likely N-dealkylation sites (tertiary alicyclic amines) is 1. The SMILES string of the molecule is O=C(N1CCCC(c2nnc3ccccn23)C1)C1(c2cccnc2)CC1. The van der Waals surface area contributed by atoms with Crippen molar-refractivity contribution in [1.29, 1.82) is 0 Å². The van der Waals surface area contributed by atoms with Crippen molar-refractivity contribution < 1.29 is 4.79 Å². The van der Waals surface area contributed by atoms with Gasteiger partial charge >= 0.3 is 0 Å². The zero-order chi connectivity index (χ0) is 17.6. The summed E-state index contributed by atoms with van der Waals surface area (Å²) in [6.45, 7) is 1.55. The summed E-state index contributed by atoms with van der Waals surface area (Å²) in [7, 11) is 0. The standard InChI is InChI=1S/C20H21N5O/c26-19(20(8-9-20)16-6-3-10-21-13-16)24-11-4-5-15(14-24)18-23-22-17-7-1-2-12-25(17)18/h1-3,6-7,10,12-13,15H,4-5,8-9,11,14H2. The van der Waals surface area contributed by atoms with Gasteiger partial charge in [-0.15, -0.1) is 10.2 Å². The number of pyridine rings is 2. The van der Waals surface area contributed by atoms with Crippen molar-refractivity contribution in [2.24, 2.45) is 0 Å². The topological polar surface area (TPSA) is 63.4 Å². The number of hydrogen-bond donors (Lipinski definition) is 0. The van der Waals surface area contributed by atoms with Gasteiger partial charge in [0.1, 0.15) is 5.82 Å². The van der Waals surface area contributed by atoms with Crippen LogP contribution in [0.4, 0.5) is 0 Å². The first-order chi connectivity index (χ1) is 12.8. The maximum absolute atomic E-state index is 13.3. The van der Waals surface area contributed by atoms with Crippen LogP contribution in [0, 0.1) is 0 Å². The highest BCUT2D eigenvalue weighted by molar-refractivity contribution is 5.91. The van der Waals surface area contributed by atoms with Gasteiger partial charge in [-0.25, -0.2) is 0 Å². The van der Waals surface area contributed by atoms with Gasteiger partial charge in [-0.05, 0) is 49.4 Å². The monoisotopic (exact) mass is 347 g/mol. The molecule has 2 aliphatic rings. The van der Waals surface area contributed by atoms with E-state index < -0.39 is 0 Å². The van der Waals surface area contributed by atoms with Gasteiger partial charge in [0.25, 0.3) is 0 Å². The zero-order valence-electron chi connectivity index (χ0n) is 14.6. The minimum absolute atomic E-state index is 0.231. The molecule has 1 saturated carbocycles. The third-order valence-electron chi connectivity index (χ3n) is 5.79. The van der Waals surface area contributed by atoms with E-state index in [4.69, 9.17) is 0 Å². The maximum Gasteiger partial charge on any atom is 0.233 e. The first-order valence-electron chi connectivity index (χ1n) is 9.27. The Hall–Kier alpha value is -2.76. The van der Waals surface area contributed by atoms with Crippen LogP contribution >= 0.6 is 0 Å². The van der Waals surface area contributed by atoms with Gasteiger partial charge in [0.05, 0.1) is 5.41 Å². The molecule has 1 aliphatic carbocycles. The first kappa shape index (κ1) is 15.5. The fraction of sp³-hybridized carbons (Fsp3) is 0.400. The molecular formula is C20H21N5O. The molecule has 1 saturated heterocycles. The van der Waals surface area contributed by atoms with E-state index in [1.807, 2.05) is 52.0 Å². The van der Waals surface area contributed by atoms with Crippen molar-refractivity contribution in [3.8, 4) is 0 Å². The van der Waals surface area contributed by atoms with Crippen molar-refractivity contribution in [1.82, 2.24) is 24.5 Å². The molecule has 2 fully saturated rings. The lowest BCUT2D eigenvalue weighted by Crippen LogP contribution is -2.44. The lowest BCUT2D eigenvalue weighted by atomic mass is 9.92. The smallest absolute Gasteiger partial charge is 0.233 e. The molecule has 0 N–H and O–H groups in total. The molecule has 1 amide bonds. The lowest BCUT2D eigenvalue weighted by molar-refractivity contribution is -0.135. The van der Waals surface area contributed by atoms with Crippen molar-refractivity contribution in [3.05, 3.63) is 60.3 Å². The van der Waals surface area contributed by atoms with Gasteiger partial charge in [0, 0.05) is 37.6 Å². The lowest BCUT2D eigenvalue weighted by Gasteiger charge is -2.34. The highest BCUT2D eigenvalue weighted by Gasteiger charge is 2.53. The van der Waals surface area contributed by atoms with Gasteiger partial charge in [-0.2, -0.15) is 0 Å². The average Bonchev–Trinajstić information content (AvgIpc) is 3.41. The first-order valence-corrected chi connectivity index (χ1v) is 9.27. The average molecular weight is 347 g/mol. The number of fused-ring (bicyclic) bond motifs is 1. The third-order valence-corrected chi connectivity index (χ3v) is 5.79. The van der Waals surface area contributed by atoms with Crippen LogP contribution in [-0.4, -0.2) is 43.5 Å². The number of hydrogen-bond acceptors (Lipinski definition) is 4. The fourth-order valence-electron chi connectivity index (χ4n) is 4.21. The van der Waals surface area contributed by atoms with Gasteiger partial charge in [-0.1, -0.05) is 12.1 Å². The minimum atomic E-state index is -0.344. The van der Waals surface area contributed by atoms with Crippen LogP contribution in [0.5, 0.6) is 0 Å². The van der Waals surface area contributed by atoms with E-state index in [1.54, 1.807) is 6.20 Å². The molecule has 1 aliphatic heterocycles. The Morgan fingerprint density at radius 3 is 2.88 bits per heavy atom. The van der Waals surface area contributed by atoms with Crippen molar-refractivity contribution in [3.63, 3.8) is 0 Å². The minimum Gasteiger partial charge on any atom is -0.341 e.